The predicted molar refractivity (Wildman–Crippen MR) is 90.2 cm³/mol. The Morgan fingerprint density at radius 3 is 2.91 bits per heavy atom. The Morgan fingerprint density at radius 2 is 2.14 bits per heavy atom. The number of morpholine rings is 1. The van der Waals surface area contributed by atoms with Crippen LogP contribution in [0.1, 0.15) is 6.42 Å². The number of rotatable bonds is 4. The number of carbonyl (C=O) groups is 1. The van der Waals surface area contributed by atoms with Crippen LogP contribution in [0.5, 0.6) is 0 Å². The maximum Gasteiger partial charge on any atom is 0.241 e. The molecule has 3 rings (SSSR count). The summed E-state index contributed by atoms with van der Waals surface area (Å²) in [5, 5.41) is 0.917. The number of hydrogen-bond acceptors (Lipinski definition) is 4. The summed E-state index contributed by atoms with van der Waals surface area (Å²) in [4.78, 5) is 20.9. The zero-order chi connectivity index (χ0) is 15.5. The maximum atomic E-state index is 12.6. The zero-order valence-corrected chi connectivity index (χ0v) is 13.8. The minimum absolute atomic E-state index is 0.00589. The highest BCUT2D eigenvalue weighted by molar-refractivity contribution is 7.80. The first kappa shape index (κ1) is 15.8. The van der Waals surface area contributed by atoms with Gasteiger partial charge in [0.05, 0.1) is 24.8 Å². The Hall–Kier alpha value is -1.08. The number of amides is 1. The standard InChI is InChI=1S/C15H18ClN3O2S/c16-11-2-3-12-13(10-11)17-15(22)19(14(12)20)5-1-4-18-6-8-21-9-7-18/h2-3,10,12H,1,4-9H2. The van der Waals surface area contributed by atoms with E-state index >= 15 is 0 Å². The van der Waals surface area contributed by atoms with Crippen molar-refractivity contribution in [2.24, 2.45) is 10.9 Å². The van der Waals surface area contributed by atoms with Gasteiger partial charge in [0.15, 0.2) is 0 Å². The molecular weight excluding hydrogens is 322 g/mol. The lowest BCUT2D eigenvalue weighted by molar-refractivity contribution is -0.128. The number of allylic oxidation sites excluding steroid dienone is 3. The molecular formula is C15H18ClN3O2S. The molecule has 0 aromatic heterocycles. The van der Waals surface area contributed by atoms with Gasteiger partial charge in [0.2, 0.25) is 11.0 Å². The van der Waals surface area contributed by atoms with E-state index in [1.807, 2.05) is 0 Å². The van der Waals surface area contributed by atoms with Gasteiger partial charge >= 0.3 is 0 Å². The minimum Gasteiger partial charge on any atom is -0.379 e. The Morgan fingerprint density at radius 1 is 1.36 bits per heavy atom. The topological polar surface area (TPSA) is 45.1 Å². The minimum atomic E-state index is -0.349. The monoisotopic (exact) mass is 339 g/mol. The van der Waals surface area contributed by atoms with Gasteiger partial charge in [-0.15, -0.1) is 0 Å². The Kier molecular flexibility index (Phi) is 5.03. The molecule has 1 fully saturated rings. The van der Waals surface area contributed by atoms with Crippen molar-refractivity contribution in [1.82, 2.24) is 9.80 Å². The van der Waals surface area contributed by atoms with Crippen LogP contribution in [-0.2, 0) is 9.53 Å². The van der Waals surface area contributed by atoms with Crippen LogP contribution >= 0.6 is 23.8 Å². The molecule has 7 heteroatoms. The largest absolute Gasteiger partial charge is 0.379 e. The summed E-state index contributed by atoms with van der Waals surface area (Å²) < 4.78 is 5.33. The summed E-state index contributed by atoms with van der Waals surface area (Å²) >= 11 is 11.2. The summed E-state index contributed by atoms with van der Waals surface area (Å²) in [6, 6.07) is 0. The summed E-state index contributed by atoms with van der Waals surface area (Å²) in [5.74, 6) is -0.355. The number of thiocarbonyl (C=S) groups is 1. The van der Waals surface area contributed by atoms with E-state index in [1.165, 1.54) is 0 Å². The van der Waals surface area contributed by atoms with E-state index < -0.39 is 0 Å². The van der Waals surface area contributed by atoms with E-state index in [9.17, 15) is 4.79 Å². The summed E-state index contributed by atoms with van der Waals surface area (Å²) in [7, 11) is 0. The van der Waals surface area contributed by atoms with Gasteiger partial charge < -0.3 is 4.74 Å². The number of carbonyl (C=O) groups excluding carboxylic acids is 1. The second-order valence-electron chi connectivity index (χ2n) is 5.48. The molecule has 0 spiro atoms. The molecule has 1 saturated heterocycles. The molecule has 0 N–H and O–H groups in total. The first-order valence-corrected chi connectivity index (χ1v) is 8.23. The first-order chi connectivity index (χ1) is 10.6. The summed E-state index contributed by atoms with van der Waals surface area (Å²) in [6.45, 7) is 5.03. The van der Waals surface area contributed by atoms with Crippen LogP contribution in [0, 0.1) is 5.92 Å². The molecule has 118 valence electrons. The second-order valence-corrected chi connectivity index (χ2v) is 6.28. The fraction of sp³-hybridized carbons (Fsp3) is 0.533. The van der Waals surface area contributed by atoms with Gasteiger partial charge in [-0.05, 0) is 30.8 Å². The fourth-order valence-corrected chi connectivity index (χ4v) is 3.26. The smallest absolute Gasteiger partial charge is 0.241 e. The van der Waals surface area contributed by atoms with Crippen LogP contribution < -0.4 is 0 Å². The third kappa shape index (κ3) is 3.46. The third-order valence-electron chi connectivity index (χ3n) is 4.00. The molecule has 0 bridgehead atoms. The number of fused-ring (bicyclic) bond motifs is 1. The molecule has 0 aromatic carbocycles. The van der Waals surface area contributed by atoms with Gasteiger partial charge in [-0.1, -0.05) is 17.7 Å². The van der Waals surface area contributed by atoms with E-state index in [0.29, 0.717) is 22.4 Å². The molecule has 1 aliphatic carbocycles. The average Bonchev–Trinajstić information content (AvgIpc) is 2.51. The Labute approximate surface area is 140 Å². The summed E-state index contributed by atoms with van der Waals surface area (Å²) in [6.07, 6.45) is 6.12. The molecule has 1 unspecified atom stereocenters. The molecule has 0 aromatic rings. The van der Waals surface area contributed by atoms with E-state index in [-0.39, 0.29) is 11.8 Å². The van der Waals surface area contributed by atoms with Gasteiger partial charge in [0.25, 0.3) is 0 Å². The fourth-order valence-electron chi connectivity index (χ4n) is 2.79. The van der Waals surface area contributed by atoms with E-state index in [1.54, 1.807) is 23.1 Å². The Bertz CT molecular complexity index is 567. The van der Waals surface area contributed by atoms with E-state index in [0.717, 1.165) is 39.3 Å². The molecule has 22 heavy (non-hydrogen) atoms. The van der Waals surface area contributed by atoms with Gasteiger partial charge in [-0.2, -0.15) is 0 Å². The number of ether oxygens (including phenoxy) is 1. The van der Waals surface area contributed by atoms with Crippen molar-refractivity contribution in [2.75, 3.05) is 39.4 Å². The lowest BCUT2D eigenvalue weighted by Gasteiger charge is -2.32. The normalized spacial score (nSPS) is 25.9. The maximum absolute atomic E-state index is 12.6. The summed E-state index contributed by atoms with van der Waals surface area (Å²) in [5.41, 5.74) is 0.645. The van der Waals surface area contributed by atoms with Crippen LogP contribution in [0.15, 0.2) is 28.3 Å². The van der Waals surface area contributed by atoms with Gasteiger partial charge in [0.1, 0.15) is 0 Å². The Balaban J connectivity index is 1.59. The van der Waals surface area contributed by atoms with E-state index in [2.05, 4.69) is 9.89 Å². The van der Waals surface area contributed by atoms with Crippen molar-refractivity contribution in [3.05, 3.63) is 23.3 Å². The highest BCUT2D eigenvalue weighted by Crippen LogP contribution is 2.23. The van der Waals surface area contributed by atoms with Crippen LogP contribution in [0.2, 0.25) is 0 Å². The lowest BCUT2D eigenvalue weighted by Crippen LogP contribution is -2.47. The number of halogens is 1. The quantitative estimate of drug-likeness (QED) is 0.730. The SMILES string of the molecule is O=C1C2C=CC(Cl)=CC2=NC(=S)N1CCCN1CCOCC1. The molecule has 1 amide bonds. The van der Waals surface area contributed by atoms with Crippen LogP contribution in [-0.4, -0.2) is 65.9 Å². The number of aliphatic imine (C=N–C) groups is 1. The number of nitrogens with zero attached hydrogens (tertiary/aromatic N) is 3. The number of hydrogen-bond donors (Lipinski definition) is 0. The highest BCUT2D eigenvalue weighted by Gasteiger charge is 2.34. The molecule has 3 aliphatic rings. The second kappa shape index (κ2) is 7.00. The molecule has 0 radical (unpaired) electrons. The highest BCUT2D eigenvalue weighted by atomic mass is 35.5. The molecule has 2 aliphatic heterocycles. The van der Waals surface area contributed by atoms with Gasteiger partial charge in [-0.3, -0.25) is 14.6 Å². The first-order valence-electron chi connectivity index (χ1n) is 7.44. The van der Waals surface area contributed by atoms with Crippen LogP contribution in [0.25, 0.3) is 0 Å². The molecule has 1 atom stereocenters. The van der Waals surface area contributed by atoms with E-state index in [4.69, 9.17) is 28.6 Å². The molecule has 2 heterocycles. The lowest BCUT2D eigenvalue weighted by atomic mass is 9.95. The van der Waals surface area contributed by atoms with Crippen molar-refractivity contribution in [3.63, 3.8) is 0 Å². The van der Waals surface area contributed by atoms with Crippen LogP contribution in [0.3, 0.4) is 0 Å². The van der Waals surface area contributed by atoms with Crippen molar-refractivity contribution < 1.29 is 9.53 Å². The predicted octanol–water partition coefficient (Wildman–Crippen LogP) is 1.59. The third-order valence-corrected chi connectivity index (χ3v) is 4.55. The van der Waals surface area contributed by atoms with Crippen molar-refractivity contribution in [2.45, 2.75) is 6.42 Å². The average molecular weight is 340 g/mol. The van der Waals surface area contributed by atoms with Crippen LogP contribution in [0.4, 0.5) is 0 Å². The van der Waals surface area contributed by atoms with Crippen molar-refractivity contribution >= 4 is 40.6 Å². The molecule has 5 nitrogen and oxygen atoms in total. The van der Waals surface area contributed by atoms with Gasteiger partial charge in [0, 0.05) is 31.2 Å². The zero-order valence-electron chi connectivity index (χ0n) is 12.2. The van der Waals surface area contributed by atoms with Crippen molar-refractivity contribution in [3.8, 4) is 0 Å². The molecule has 0 saturated carbocycles. The van der Waals surface area contributed by atoms with Gasteiger partial charge in [-0.25, -0.2) is 4.99 Å². The van der Waals surface area contributed by atoms with Crippen molar-refractivity contribution in [1.29, 1.82) is 0 Å².